The summed E-state index contributed by atoms with van der Waals surface area (Å²) in [6.45, 7) is 6.97. The summed E-state index contributed by atoms with van der Waals surface area (Å²) in [7, 11) is -3.59. The number of fused-ring (bicyclic) bond motifs is 1. The molecule has 0 aliphatic heterocycles. The Morgan fingerprint density at radius 3 is 2.34 bits per heavy atom. The van der Waals surface area contributed by atoms with Crippen LogP contribution in [0.25, 0.3) is 22.2 Å². The van der Waals surface area contributed by atoms with Gasteiger partial charge in [-0.2, -0.15) is 0 Å². The van der Waals surface area contributed by atoms with E-state index in [1.807, 2.05) is 0 Å². The highest BCUT2D eigenvalue weighted by molar-refractivity contribution is 7.94. The van der Waals surface area contributed by atoms with E-state index in [1.54, 1.807) is 58.0 Å². The summed E-state index contributed by atoms with van der Waals surface area (Å²) in [5.41, 5.74) is 8.50. The first-order valence-electron chi connectivity index (χ1n) is 11.9. The van der Waals surface area contributed by atoms with Gasteiger partial charge in [0.25, 0.3) is 5.91 Å². The minimum Gasteiger partial charge on any atom is -0.491 e. The van der Waals surface area contributed by atoms with Crippen molar-refractivity contribution in [2.75, 3.05) is 11.3 Å². The van der Waals surface area contributed by atoms with Crippen LogP contribution in [0.15, 0.2) is 36.4 Å². The predicted molar refractivity (Wildman–Crippen MR) is 137 cm³/mol. The van der Waals surface area contributed by atoms with Crippen molar-refractivity contribution >= 4 is 32.5 Å². The first-order chi connectivity index (χ1) is 16.4. The van der Waals surface area contributed by atoms with Crippen LogP contribution in [0.3, 0.4) is 0 Å². The average molecular weight is 502 g/mol. The van der Waals surface area contributed by atoms with E-state index in [-0.39, 0.29) is 17.4 Å². The number of hydrogen-bond acceptors (Lipinski definition) is 4. The Kier molecular flexibility index (Phi) is 6.57. The lowest BCUT2D eigenvalue weighted by molar-refractivity contribution is 0.100. The van der Waals surface area contributed by atoms with Crippen molar-refractivity contribution in [3.8, 4) is 17.0 Å². The third-order valence-electron chi connectivity index (χ3n) is 6.51. The van der Waals surface area contributed by atoms with Crippen molar-refractivity contribution in [1.29, 1.82) is 0 Å². The lowest BCUT2D eigenvalue weighted by atomic mass is 10.0. The highest BCUT2D eigenvalue weighted by Crippen LogP contribution is 2.43. The van der Waals surface area contributed by atoms with Gasteiger partial charge < -0.3 is 15.0 Å². The standard InChI is InChI=1S/C26H32FN3O4S/c1-5-34-22-15-21-19(14-20(22)27)23(25(28)31)24(30(21)18-8-6-7-9-18)16-10-12-17(13-11-16)29-35(32,33)26(2,3)4/h10-15,18,29H,5-9H2,1-4H3,(H2,28,31). The molecule has 1 amide bonds. The molecule has 0 bridgehead atoms. The van der Waals surface area contributed by atoms with Crippen molar-refractivity contribution in [3.05, 3.63) is 47.8 Å². The van der Waals surface area contributed by atoms with E-state index in [9.17, 15) is 17.6 Å². The first kappa shape index (κ1) is 25.0. The number of halogens is 1. The Morgan fingerprint density at radius 2 is 1.80 bits per heavy atom. The quantitative estimate of drug-likeness (QED) is 0.440. The summed E-state index contributed by atoms with van der Waals surface area (Å²) in [6, 6.07) is 9.92. The Hall–Kier alpha value is -3.07. The second kappa shape index (κ2) is 9.18. The molecular weight excluding hydrogens is 469 g/mol. The van der Waals surface area contributed by atoms with E-state index in [0.29, 0.717) is 34.5 Å². The van der Waals surface area contributed by atoms with Gasteiger partial charge in [-0.25, -0.2) is 12.8 Å². The number of carbonyl (C=O) groups is 1. The summed E-state index contributed by atoms with van der Waals surface area (Å²) < 4.78 is 49.2. The smallest absolute Gasteiger partial charge is 0.251 e. The predicted octanol–water partition coefficient (Wildman–Crippen LogP) is 5.60. The topological polar surface area (TPSA) is 103 Å². The zero-order valence-corrected chi connectivity index (χ0v) is 21.3. The SMILES string of the molecule is CCOc1cc2c(cc1F)c(C(N)=O)c(-c1ccc(NS(=O)(=O)C(C)(C)C)cc1)n2C1CCCC1. The number of primary amides is 1. The van der Waals surface area contributed by atoms with E-state index in [0.717, 1.165) is 25.7 Å². The van der Waals surface area contributed by atoms with Gasteiger partial charge in [0.05, 0.1) is 28.1 Å². The summed E-state index contributed by atoms with van der Waals surface area (Å²) in [4.78, 5) is 12.7. The molecule has 4 rings (SSSR count). The molecule has 0 unspecified atom stereocenters. The Bertz CT molecular complexity index is 1370. The monoisotopic (exact) mass is 501 g/mol. The van der Waals surface area contributed by atoms with E-state index < -0.39 is 26.5 Å². The van der Waals surface area contributed by atoms with Crippen LogP contribution in [0.2, 0.25) is 0 Å². The van der Waals surface area contributed by atoms with Crippen LogP contribution in [-0.4, -0.2) is 30.2 Å². The number of benzene rings is 2. The molecule has 1 aliphatic carbocycles. The molecule has 1 aromatic heterocycles. The molecule has 0 radical (unpaired) electrons. The lowest BCUT2D eigenvalue weighted by Gasteiger charge is -2.21. The van der Waals surface area contributed by atoms with Crippen LogP contribution >= 0.6 is 0 Å². The van der Waals surface area contributed by atoms with E-state index in [1.165, 1.54) is 6.07 Å². The van der Waals surface area contributed by atoms with Gasteiger partial charge in [0, 0.05) is 23.2 Å². The third kappa shape index (κ3) is 4.61. The fourth-order valence-electron chi connectivity index (χ4n) is 4.66. The molecule has 9 heteroatoms. The number of carbonyl (C=O) groups excluding carboxylic acids is 1. The molecule has 3 aromatic rings. The molecule has 1 heterocycles. The second-order valence-electron chi connectivity index (χ2n) is 9.92. The zero-order valence-electron chi connectivity index (χ0n) is 20.5. The molecule has 1 aliphatic rings. The van der Waals surface area contributed by atoms with Crippen LogP contribution in [0.1, 0.15) is 69.8 Å². The van der Waals surface area contributed by atoms with Crippen molar-refractivity contribution in [1.82, 2.24) is 4.57 Å². The number of aromatic nitrogens is 1. The highest BCUT2D eigenvalue weighted by Gasteiger charge is 2.31. The molecule has 35 heavy (non-hydrogen) atoms. The van der Waals surface area contributed by atoms with Crippen molar-refractivity contribution < 1.29 is 22.3 Å². The number of ether oxygens (including phenoxy) is 1. The van der Waals surface area contributed by atoms with E-state index >= 15 is 0 Å². The van der Waals surface area contributed by atoms with Crippen LogP contribution in [0.4, 0.5) is 10.1 Å². The number of nitrogens with zero attached hydrogens (tertiary/aromatic N) is 1. The molecule has 2 aromatic carbocycles. The Balaban J connectivity index is 1.91. The van der Waals surface area contributed by atoms with E-state index in [4.69, 9.17) is 10.5 Å². The van der Waals surface area contributed by atoms with E-state index in [2.05, 4.69) is 9.29 Å². The molecule has 188 valence electrons. The fourth-order valence-corrected chi connectivity index (χ4v) is 5.41. The summed E-state index contributed by atoms with van der Waals surface area (Å²) in [5.74, 6) is -1.07. The normalized spacial score (nSPS) is 15.0. The fraction of sp³-hybridized carbons (Fsp3) is 0.423. The number of sulfonamides is 1. The number of anilines is 1. The molecule has 1 fully saturated rings. The van der Waals surface area contributed by atoms with Crippen LogP contribution in [-0.2, 0) is 10.0 Å². The average Bonchev–Trinajstić information content (AvgIpc) is 3.39. The molecule has 7 nitrogen and oxygen atoms in total. The van der Waals surface area contributed by atoms with Gasteiger partial charge in [0.15, 0.2) is 11.6 Å². The third-order valence-corrected chi connectivity index (χ3v) is 8.63. The number of rotatable bonds is 7. The number of amides is 1. The van der Waals surface area contributed by atoms with Crippen LogP contribution in [0.5, 0.6) is 5.75 Å². The van der Waals surface area contributed by atoms with Gasteiger partial charge in [0.2, 0.25) is 10.0 Å². The minimum absolute atomic E-state index is 0.125. The maximum Gasteiger partial charge on any atom is 0.251 e. The molecule has 1 saturated carbocycles. The van der Waals surface area contributed by atoms with Gasteiger partial charge in [0.1, 0.15) is 0 Å². The minimum atomic E-state index is -3.59. The Labute approximate surface area is 205 Å². The number of nitrogens with two attached hydrogens (primary N) is 1. The second-order valence-corrected chi connectivity index (χ2v) is 12.4. The number of nitrogens with one attached hydrogen (secondary N) is 1. The zero-order chi connectivity index (χ0) is 25.5. The summed E-state index contributed by atoms with van der Waals surface area (Å²) in [5, 5.41) is 0.442. The molecule has 0 saturated heterocycles. The van der Waals surface area contributed by atoms with Crippen molar-refractivity contribution in [2.45, 2.75) is 64.2 Å². The first-order valence-corrected chi connectivity index (χ1v) is 13.4. The highest BCUT2D eigenvalue weighted by atomic mass is 32.2. The van der Waals surface area contributed by atoms with Gasteiger partial charge in [-0.1, -0.05) is 25.0 Å². The van der Waals surface area contributed by atoms with Gasteiger partial charge in [-0.15, -0.1) is 0 Å². The van der Waals surface area contributed by atoms with Gasteiger partial charge in [-0.3, -0.25) is 9.52 Å². The summed E-state index contributed by atoms with van der Waals surface area (Å²) >= 11 is 0. The molecule has 0 spiro atoms. The molecular formula is C26H32FN3O4S. The Morgan fingerprint density at radius 1 is 1.17 bits per heavy atom. The maximum atomic E-state index is 14.8. The molecule has 3 N–H and O–H groups in total. The van der Waals surface area contributed by atoms with Crippen molar-refractivity contribution in [2.24, 2.45) is 5.73 Å². The maximum absolute atomic E-state index is 14.8. The van der Waals surface area contributed by atoms with Crippen molar-refractivity contribution in [3.63, 3.8) is 0 Å². The number of hydrogen-bond donors (Lipinski definition) is 2. The van der Waals surface area contributed by atoms with Crippen LogP contribution < -0.4 is 15.2 Å². The van der Waals surface area contributed by atoms with Crippen LogP contribution in [0, 0.1) is 5.82 Å². The summed E-state index contributed by atoms with van der Waals surface area (Å²) in [6.07, 6.45) is 3.98. The molecule has 0 atom stereocenters. The lowest BCUT2D eigenvalue weighted by Crippen LogP contribution is -2.33. The largest absolute Gasteiger partial charge is 0.491 e. The van der Waals surface area contributed by atoms with Gasteiger partial charge >= 0.3 is 0 Å². The van der Waals surface area contributed by atoms with Gasteiger partial charge in [-0.05, 0) is 64.3 Å².